The molecule has 0 amide bonds. The molecule has 4 nitrogen and oxygen atoms in total. The molecule has 0 rings (SSSR count). The molecule has 0 aliphatic heterocycles. The minimum absolute atomic E-state index is 0.204. The van der Waals surface area contributed by atoms with Gasteiger partial charge >= 0.3 is 0 Å². The van der Waals surface area contributed by atoms with Gasteiger partial charge in [0.05, 0.1) is 0 Å². The van der Waals surface area contributed by atoms with Gasteiger partial charge in [-0.2, -0.15) is 0 Å². The highest BCUT2D eigenvalue weighted by Crippen LogP contribution is 2.18. The smallest absolute Gasteiger partial charge is 0.123 e. The van der Waals surface area contributed by atoms with Crippen LogP contribution in [-0.2, 0) is 19.2 Å². The lowest BCUT2D eigenvalue weighted by Gasteiger charge is -2.12. The van der Waals surface area contributed by atoms with Crippen molar-refractivity contribution in [2.45, 2.75) is 162 Å². The van der Waals surface area contributed by atoms with Crippen LogP contribution in [0.25, 0.3) is 0 Å². The van der Waals surface area contributed by atoms with E-state index in [0.717, 1.165) is 76.5 Å². The third-order valence-electron chi connectivity index (χ3n) is 9.15. The van der Waals surface area contributed by atoms with E-state index in [0.29, 0.717) is 23.7 Å². The van der Waals surface area contributed by atoms with Crippen molar-refractivity contribution in [1.82, 2.24) is 0 Å². The minimum Gasteiger partial charge on any atom is -0.303 e. The van der Waals surface area contributed by atoms with Crippen LogP contribution in [0.5, 0.6) is 0 Å². The molecule has 0 aliphatic rings. The SMILES string of the molecule is CC(C)=CCC[C@@H](C)[C@@H](C)C=O.CC(C)=CCC[C@@H](C)[C@H](C)C=O.CC(C)=CCC[C@H](C)[C@@H](C)C=O.CC(C)=CCC[C@H](C)[C@H](C)C=O. The van der Waals surface area contributed by atoms with Crippen LogP contribution < -0.4 is 0 Å². The Morgan fingerprint density at radius 2 is 0.479 bits per heavy atom. The lowest BCUT2D eigenvalue weighted by Crippen LogP contribution is -2.08. The van der Waals surface area contributed by atoms with E-state index in [1.807, 2.05) is 27.7 Å². The molecule has 0 aliphatic carbocycles. The maximum atomic E-state index is 10.4. The third-order valence-corrected chi connectivity index (χ3v) is 9.15. The molecule has 0 saturated carbocycles. The van der Waals surface area contributed by atoms with Crippen molar-refractivity contribution in [3.8, 4) is 0 Å². The summed E-state index contributed by atoms with van der Waals surface area (Å²) in [7, 11) is 0. The van der Waals surface area contributed by atoms with Gasteiger partial charge in [0.1, 0.15) is 25.1 Å². The van der Waals surface area contributed by atoms with E-state index >= 15 is 0 Å². The molecular weight excluding hydrogens is 592 g/mol. The summed E-state index contributed by atoms with van der Waals surface area (Å²) in [4.78, 5) is 41.7. The molecule has 0 fully saturated rings. The van der Waals surface area contributed by atoms with Crippen molar-refractivity contribution in [2.24, 2.45) is 47.3 Å². The summed E-state index contributed by atoms with van der Waals surface area (Å²) in [6.45, 7) is 33.3. The van der Waals surface area contributed by atoms with Crippen LogP contribution >= 0.6 is 0 Å². The normalized spacial score (nSPS) is 15.0. The lowest BCUT2D eigenvalue weighted by molar-refractivity contribution is -0.112. The van der Waals surface area contributed by atoms with Crippen molar-refractivity contribution in [3.63, 3.8) is 0 Å². The number of aldehydes is 4. The summed E-state index contributed by atoms with van der Waals surface area (Å²) >= 11 is 0. The van der Waals surface area contributed by atoms with E-state index in [4.69, 9.17) is 0 Å². The molecular formula is C44H80O4. The predicted octanol–water partition coefficient (Wildman–Crippen LogP) is 12.8. The highest BCUT2D eigenvalue weighted by molar-refractivity contribution is 5.54. The Kier molecular flexibility index (Phi) is 37.7. The highest BCUT2D eigenvalue weighted by Gasteiger charge is 2.11. The highest BCUT2D eigenvalue weighted by atomic mass is 16.1. The zero-order valence-electron chi connectivity index (χ0n) is 34.5. The van der Waals surface area contributed by atoms with E-state index in [9.17, 15) is 19.2 Å². The fourth-order valence-corrected chi connectivity index (χ4v) is 4.13. The van der Waals surface area contributed by atoms with Gasteiger partial charge in [0.15, 0.2) is 0 Å². The first-order chi connectivity index (χ1) is 22.3. The zero-order chi connectivity index (χ0) is 38.2. The molecule has 0 radical (unpaired) electrons. The summed E-state index contributed by atoms with van der Waals surface area (Å²) in [6, 6.07) is 0. The standard InChI is InChI=1S/4C11H20O/c4*1-9(2)6-5-7-10(3)11(4)8-12/h4*6,8,10-11H,5,7H2,1-4H3/t2*10-,11+;2*10-,11-/m1010/s1. The minimum atomic E-state index is 0.204. The Labute approximate surface area is 299 Å². The van der Waals surface area contributed by atoms with Crippen LogP contribution in [-0.4, -0.2) is 25.1 Å². The second-order valence-corrected chi connectivity index (χ2v) is 15.3. The summed E-state index contributed by atoms with van der Waals surface area (Å²) < 4.78 is 0. The third kappa shape index (κ3) is 38.1. The molecule has 0 heterocycles. The predicted molar refractivity (Wildman–Crippen MR) is 212 cm³/mol. The summed E-state index contributed by atoms with van der Waals surface area (Å²) in [6.07, 6.45) is 22.0. The second kappa shape index (κ2) is 34.5. The van der Waals surface area contributed by atoms with Crippen molar-refractivity contribution in [3.05, 3.63) is 46.6 Å². The Morgan fingerprint density at radius 3 is 0.583 bits per heavy atom. The quantitative estimate of drug-likeness (QED) is 0.0953. The van der Waals surface area contributed by atoms with E-state index in [1.54, 1.807) is 0 Å². The Morgan fingerprint density at radius 1 is 0.333 bits per heavy atom. The summed E-state index contributed by atoms with van der Waals surface area (Å²) in [5.74, 6) is 2.87. The molecule has 48 heavy (non-hydrogen) atoms. The van der Waals surface area contributed by atoms with Gasteiger partial charge in [0, 0.05) is 23.7 Å². The molecule has 8 atom stereocenters. The van der Waals surface area contributed by atoms with Gasteiger partial charge in [0.25, 0.3) is 0 Å². The Balaban J connectivity index is -0.000000269. The van der Waals surface area contributed by atoms with E-state index < -0.39 is 0 Å². The van der Waals surface area contributed by atoms with Crippen molar-refractivity contribution in [2.75, 3.05) is 0 Å². The van der Waals surface area contributed by atoms with E-state index in [-0.39, 0.29) is 23.7 Å². The first-order valence-corrected chi connectivity index (χ1v) is 18.6. The van der Waals surface area contributed by atoms with Gasteiger partial charge in [-0.1, -0.05) is 102 Å². The second-order valence-electron chi connectivity index (χ2n) is 15.3. The van der Waals surface area contributed by atoms with Gasteiger partial charge in [0.2, 0.25) is 0 Å². The van der Waals surface area contributed by atoms with Crippen LogP contribution in [0.3, 0.4) is 0 Å². The maximum Gasteiger partial charge on any atom is 0.123 e. The molecule has 0 bridgehead atoms. The molecule has 0 aromatic rings. The topological polar surface area (TPSA) is 68.3 Å². The van der Waals surface area contributed by atoms with Crippen LogP contribution in [0.1, 0.15) is 162 Å². The monoisotopic (exact) mass is 673 g/mol. The van der Waals surface area contributed by atoms with Gasteiger partial charge in [-0.25, -0.2) is 0 Å². The van der Waals surface area contributed by atoms with E-state index in [2.05, 4.69) is 107 Å². The number of hydrogen-bond donors (Lipinski definition) is 0. The first-order valence-electron chi connectivity index (χ1n) is 18.6. The average molecular weight is 673 g/mol. The van der Waals surface area contributed by atoms with Crippen molar-refractivity contribution in [1.29, 1.82) is 0 Å². The first kappa shape index (κ1) is 52.5. The molecule has 0 aromatic carbocycles. The molecule has 4 heteroatoms. The molecule has 0 saturated heterocycles. The lowest BCUT2D eigenvalue weighted by atomic mass is 9.92. The van der Waals surface area contributed by atoms with E-state index in [1.165, 1.54) is 22.3 Å². The molecule has 280 valence electrons. The number of hydrogen-bond acceptors (Lipinski definition) is 4. The Hall–Kier alpha value is -2.36. The Bertz CT molecular complexity index is 770. The van der Waals surface area contributed by atoms with Gasteiger partial charge in [-0.15, -0.1) is 0 Å². The zero-order valence-corrected chi connectivity index (χ0v) is 34.5. The van der Waals surface area contributed by atoms with Crippen molar-refractivity contribution < 1.29 is 19.2 Å². The average Bonchev–Trinajstić information content (AvgIpc) is 3.02. The molecule has 0 unspecified atom stereocenters. The number of carbonyl (C=O) groups excluding carboxylic acids is 4. The molecule has 0 N–H and O–H groups in total. The van der Waals surface area contributed by atoms with Gasteiger partial charge in [-0.3, -0.25) is 0 Å². The van der Waals surface area contributed by atoms with Crippen molar-refractivity contribution >= 4 is 25.1 Å². The summed E-state index contributed by atoms with van der Waals surface area (Å²) in [5, 5.41) is 0. The number of carbonyl (C=O) groups is 4. The number of rotatable bonds is 20. The molecule has 0 aromatic heterocycles. The maximum absolute atomic E-state index is 10.4. The van der Waals surface area contributed by atoms with Crippen LogP contribution in [0.4, 0.5) is 0 Å². The fraction of sp³-hybridized carbons (Fsp3) is 0.727. The largest absolute Gasteiger partial charge is 0.303 e. The van der Waals surface area contributed by atoms with Gasteiger partial charge < -0.3 is 19.2 Å². The fourth-order valence-electron chi connectivity index (χ4n) is 4.13. The number of allylic oxidation sites excluding steroid dienone is 8. The van der Waals surface area contributed by atoms with Gasteiger partial charge in [-0.05, 0) is 130 Å². The van der Waals surface area contributed by atoms with Crippen LogP contribution in [0.15, 0.2) is 46.6 Å². The van der Waals surface area contributed by atoms with Crippen LogP contribution in [0, 0.1) is 47.3 Å². The summed E-state index contributed by atoms with van der Waals surface area (Å²) in [5.41, 5.74) is 5.45. The van der Waals surface area contributed by atoms with Crippen LogP contribution in [0.2, 0.25) is 0 Å². The molecule has 0 spiro atoms.